The van der Waals surface area contributed by atoms with Crippen molar-refractivity contribution in [1.29, 1.82) is 0 Å². The van der Waals surface area contributed by atoms with Gasteiger partial charge in [0.1, 0.15) is 0 Å². The molecule has 9 aliphatic rings. The number of hydrogen-bond donors (Lipinski definition) is 0. The summed E-state index contributed by atoms with van der Waals surface area (Å²) < 4.78 is 0. The standard InChI is InChI=1S/C14H12/c1-6-8(1)3-10-5-11-4-9-2-7(9)13(9,11)14(10,11)12(6,8)10/h6-7H,1-5H2. The van der Waals surface area contributed by atoms with Crippen molar-refractivity contribution in [2.45, 2.75) is 32.1 Å². The van der Waals surface area contributed by atoms with Crippen molar-refractivity contribution in [3.05, 3.63) is 0 Å². The first-order chi connectivity index (χ1) is 6.80. The van der Waals surface area contributed by atoms with E-state index >= 15 is 0 Å². The van der Waals surface area contributed by atoms with Gasteiger partial charge in [0.2, 0.25) is 0 Å². The molecular formula is C14H12. The summed E-state index contributed by atoms with van der Waals surface area (Å²) in [5.41, 5.74) is 7.62. The molecule has 14 heavy (non-hydrogen) atoms. The van der Waals surface area contributed by atoms with E-state index in [0.717, 1.165) is 37.9 Å². The first-order valence-electron chi connectivity index (χ1n) is 6.80. The minimum atomic E-state index is 1.07. The van der Waals surface area contributed by atoms with E-state index in [0.29, 0.717) is 0 Å². The van der Waals surface area contributed by atoms with Crippen LogP contribution >= 0.6 is 0 Å². The summed E-state index contributed by atoms with van der Waals surface area (Å²) in [6, 6.07) is 0. The Morgan fingerprint density at radius 3 is 1.57 bits per heavy atom. The Morgan fingerprint density at radius 2 is 1.29 bits per heavy atom. The molecule has 8 atom stereocenters. The minimum Gasteiger partial charge on any atom is -0.0427 e. The first kappa shape index (κ1) is 4.89. The van der Waals surface area contributed by atoms with Crippen LogP contribution in [0, 0.1) is 49.7 Å². The summed E-state index contributed by atoms with van der Waals surface area (Å²) in [6.45, 7) is 0. The van der Waals surface area contributed by atoms with Gasteiger partial charge >= 0.3 is 0 Å². The van der Waals surface area contributed by atoms with Crippen LogP contribution < -0.4 is 0 Å². The Balaban J connectivity index is 1.56. The largest absolute Gasteiger partial charge is 0.0427 e. The van der Waals surface area contributed by atoms with Crippen LogP contribution in [0.4, 0.5) is 0 Å². The van der Waals surface area contributed by atoms with Crippen LogP contribution in [0.2, 0.25) is 0 Å². The molecule has 0 aromatic carbocycles. The molecule has 0 saturated heterocycles. The zero-order chi connectivity index (χ0) is 8.19. The maximum atomic E-state index is 1.76. The highest BCUT2D eigenvalue weighted by atomic mass is 15.4. The smallest absolute Gasteiger partial charge is 0.00315 e. The molecule has 8 unspecified atom stereocenters. The average Bonchev–Trinajstić information content (AvgIpc) is 2.90. The van der Waals surface area contributed by atoms with E-state index in [1.807, 2.05) is 0 Å². The molecule has 9 rings (SSSR count). The molecule has 0 heterocycles. The fourth-order valence-electron chi connectivity index (χ4n) is 11.4. The van der Waals surface area contributed by atoms with Gasteiger partial charge in [0.15, 0.2) is 0 Å². The second-order valence-corrected chi connectivity index (χ2v) is 8.89. The third-order valence-corrected chi connectivity index (χ3v) is 10.4. The van der Waals surface area contributed by atoms with Gasteiger partial charge in [-0.3, -0.25) is 0 Å². The van der Waals surface area contributed by atoms with E-state index in [1.165, 1.54) is 11.8 Å². The van der Waals surface area contributed by atoms with Crippen LogP contribution in [-0.4, -0.2) is 0 Å². The first-order valence-corrected chi connectivity index (χ1v) is 6.80. The molecule has 9 saturated carbocycles. The molecule has 0 nitrogen and oxygen atoms in total. The van der Waals surface area contributed by atoms with Crippen LogP contribution in [0.3, 0.4) is 0 Å². The molecule has 9 aliphatic carbocycles. The summed E-state index contributed by atoms with van der Waals surface area (Å²) in [5.74, 6) is 2.65. The van der Waals surface area contributed by atoms with Gasteiger partial charge in [0.25, 0.3) is 0 Å². The van der Waals surface area contributed by atoms with E-state index < -0.39 is 0 Å². The number of rotatable bonds is 0. The Kier molecular flexibility index (Phi) is 0.233. The van der Waals surface area contributed by atoms with Crippen LogP contribution in [0.5, 0.6) is 0 Å². The van der Waals surface area contributed by atoms with Crippen molar-refractivity contribution in [2.24, 2.45) is 49.7 Å². The van der Waals surface area contributed by atoms with E-state index in [-0.39, 0.29) is 0 Å². The highest BCUT2D eigenvalue weighted by Crippen LogP contribution is 3.44. The van der Waals surface area contributed by atoms with E-state index in [1.54, 1.807) is 32.1 Å². The van der Waals surface area contributed by atoms with Crippen LogP contribution in [0.15, 0.2) is 0 Å². The van der Waals surface area contributed by atoms with Crippen molar-refractivity contribution in [3.63, 3.8) is 0 Å². The van der Waals surface area contributed by atoms with Gasteiger partial charge in [-0.1, -0.05) is 0 Å². The maximum absolute atomic E-state index is 1.76. The van der Waals surface area contributed by atoms with Gasteiger partial charge < -0.3 is 0 Å². The summed E-state index contributed by atoms with van der Waals surface area (Å²) >= 11 is 0. The van der Waals surface area contributed by atoms with Crippen molar-refractivity contribution >= 4 is 0 Å². The third kappa shape index (κ3) is 0.116. The monoisotopic (exact) mass is 180 g/mol. The van der Waals surface area contributed by atoms with Crippen LogP contribution in [0.1, 0.15) is 32.1 Å². The van der Waals surface area contributed by atoms with Crippen molar-refractivity contribution in [3.8, 4) is 0 Å². The molecule has 9 fully saturated rings. The highest BCUT2D eigenvalue weighted by molar-refractivity contribution is 5.86. The maximum Gasteiger partial charge on any atom is -0.00315 e. The summed E-state index contributed by atoms with van der Waals surface area (Å²) in [6.07, 6.45) is 8.64. The van der Waals surface area contributed by atoms with Gasteiger partial charge in [0, 0.05) is 0 Å². The predicted molar refractivity (Wildman–Crippen MR) is 47.1 cm³/mol. The van der Waals surface area contributed by atoms with Gasteiger partial charge in [0.05, 0.1) is 0 Å². The van der Waals surface area contributed by atoms with Gasteiger partial charge in [-0.25, -0.2) is 0 Å². The topological polar surface area (TPSA) is 0 Å². The van der Waals surface area contributed by atoms with Crippen molar-refractivity contribution in [2.75, 3.05) is 0 Å². The lowest BCUT2D eigenvalue weighted by Gasteiger charge is -2.42. The predicted octanol–water partition coefficient (Wildman–Crippen LogP) is 2.20. The Labute approximate surface area is 82.4 Å². The second kappa shape index (κ2) is 0.666. The fraction of sp³-hybridized carbons (Fsp3) is 1.00. The lowest BCUT2D eigenvalue weighted by atomic mass is 9.61. The van der Waals surface area contributed by atoms with Crippen LogP contribution in [0.25, 0.3) is 0 Å². The Hall–Kier alpha value is 0. The molecule has 0 aliphatic heterocycles. The van der Waals surface area contributed by atoms with Gasteiger partial charge in [-0.2, -0.15) is 0 Å². The Bertz CT molecular complexity index is 553. The van der Waals surface area contributed by atoms with E-state index in [2.05, 4.69) is 0 Å². The summed E-state index contributed by atoms with van der Waals surface area (Å²) in [5, 5.41) is 0. The molecule has 0 heteroatoms. The molecular weight excluding hydrogens is 168 g/mol. The quantitative estimate of drug-likeness (QED) is 0.536. The highest BCUT2D eigenvalue weighted by Gasteiger charge is 3.41. The molecule has 0 bridgehead atoms. The lowest BCUT2D eigenvalue weighted by molar-refractivity contribution is 0.0537. The summed E-state index contributed by atoms with van der Waals surface area (Å²) in [7, 11) is 0. The van der Waals surface area contributed by atoms with Crippen molar-refractivity contribution < 1.29 is 0 Å². The third-order valence-electron chi connectivity index (χ3n) is 10.4. The molecule has 0 amide bonds. The molecule has 0 aromatic rings. The lowest BCUT2D eigenvalue weighted by Crippen LogP contribution is -2.36. The fourth-order valence-corrected chi connectivity index (χ4v) is 11.4. The van der Waals surface area contributed by atoms with Crippen molar-refractivity contribution in [1.82, 2.24) is 0 Å². The van der Waals surface area contributed by atoms with Crippen LogP contribution in [-0.2, 0) is 0 Å². The Morgan fingerprint density at radius 1 is 0.714 bits per heavy atom. The number of hydrogen-bond acceptors (Lipinski definition) is 0. The molecule has 0 aromatic heterocycles. The normalized spacial score (nSPS) is 120. The SMILES string of the molecule is C1C2C13CC14CC56CC78CC7C85C16C234. The molecule has 0 N–H and O–H groups in total. The second-order valence-electron chi connectivity index (χ2n) is 8.89. The summed E-state index contributed by atoms with van der Waals surface area (Å²) in [4.78, 5) is 0. The zero-order valence-electron chi connectivity index (χ0n) is 8.19. The van der Waals surface area contributed by atoms with Gasteiger partial charge in [-0.05, 0) is 81.8 Å². The van der Waals surface area contributed by atoms with Gasteiger partial charge in [-0.15, -0.1) is 0 Å². The molecule has 7 spiro atoms. The molecule has 0 radical (unpaired) electrons. The van der Waals surface area contributed by atoms with E-state index in [9.17, 15) is 0 Å². The zero-order valence-corrected chi connectivity index (χ0v) is 8.19. The molecule has 68 valence electrons. The van der Waals surface area contributed by atoms with E-state index in [4.69, 9.17) is 0 Å². The minimum absolute atomic E-state index is 1.07. The average molecular weight is 180 g/mol.